The van der Waals surface area contributed by atoms with Crippen molar-refractivity contribution < 1.29 is 4.79 Å². The molecule has 2 heterocycles. The Bertz CT molecular complexity index is 770. The lowest BCUT2D eigenvalue weighted by Crippen LogP contribution is -2.31. The zero-order valence-electron chi connectivity index (χ0n) is 12.3. The third-order valence-electron chi connectivity index (χ3n) is 4.03. The Kier molecular flexibility index (Phi) is 3.26. The van der Waals surface area contributed by atoms with Gasteiger partial charge in [-0.25, -0.2) is 4.99 Å². The lowest BCUT2D eigenvalue weighted by molar-refractivity contribution is -0.126. The van der Waals surface area contributed by atoms with Crippen molar-refractivity contribution >= 4 is 29.2 Å². The molecule has 3 nitrogen and oxygen atoms in total. The van der Waals surface area contributed by atoms with Crippen LogP contribution in [0.3, 0.4) is 0 Å². The maximum absolute atomic E-state index is 12.4. The van der Waals surface area contributed by atoms with Crippen LogP contribution in [0, 0.1) is 6.92 Å². The molecule has 110 valence electrons. The van der Waals surface area contributed by atoms with Crippen LogP contribution in [0.1, 0.15) is 17.5 Å². The van der Waals surface area contributed by atoms with Crippen LogP contribution in [-0.2, 0) is 11.3 Å². The van der Waals surface area contributed by atoms with Gasteiger partial charge in [-0.3, -0.25) is 9.69 Å². The van der Waals surface area contributed by atoms with Gasteiger partial charge in [-0.1, -0.05) is 36.4 Å². The second-order valence-corrected chi connectivity index (χ2v) is 6.96. The van der Waals surface area contributed by atoms with E-state index in [1.54, 1.807) is 11.8 Å². The van der Waals surface area contributed by atoms with Crippen molar-refractivity contribution in [1.29, 1.82) is 0 Å². The monoisotopic (exact) mass is 308 g/mol. The number of fused-ring (bicyclic) bond motifs is 2. The fourth-order valence-electron chi connectivity index (χ4n) is 2.91. The van der Waals surface area contributed by atoms with Crippen molar-refractivity contribution in [3.63, 3.8) is 0 Å². The van der Waals surface area contributed by atoms with E-state index < -0.39 is 0 Å². The Balaban J connectivity index is 1.70. The van der Waals surface area contributed by atoms with Gasteiger partial charge in [-0.2, -0.15) is 0 Å². The van der Waals surface area contributed by atoms with Gasteiger partial charge < -0.3 is 0 Å². The summed E-state index contributed by atoms with van der Waals surface area (Å²) in [7, 11) is 0. The first kappa shape index (κ1) is 13.6. The second kappa shape index (κ2) is 5.29. The molecular weight excluding hydrogens is 292 g/mol. The van der Waals surface area contributed by atoms with Gasteiger partial charge in [0.25, 0.3) is 0 Å². The van der Waals surface area contributed by atoms with Gasteiger partial charge in [-0.15, -0.1) is 11.8 Å². The summed E-state index contributed by atoms with van der Waals surface area (Å²) in [4.78, 5) is 20.2. The molecule has 1 amide bonds. The maximum atomic E-state index is 12.4. The number of benzene rings is 2. The number of carbonyl (C=O) groups is 1. The molecule has 0 aromatic heterocycles. The average molecular weight is 308 g/mol. The molecular formula is C18H16N2OS. The Morgan fingerprint density at radius 3 is 2.86 bits per heavy atom. The normalized spacial score (nSPS) is 19.7. The number of hydrogen-bond donors (Lipinski definition) is 0. The van der Waals surface area contributed by atoms with E-state index in [1.807, 2.05) is 23.1 Å². The quantitative estimate of drug-likeness (QED) is 0.842. The zero-order valence-corrected chi connectivity index (χ0v) is 13.1. The molecule has 0 aliphatic carbocycles. The van der Waals surface area contributed by atoms with Gasteiger partial charge in [0.15, 0.2) is 0 Å². The molecule has 0 bridgehead atoms. The summed E-state index contributed by atoms with van der Waals surface area (Å²) in [5.74, 6) is 1.08. The molecule has 1 saturated heterocycles. The molecule has 1 fully saturated rings. The molecule has 1 atom stereocenters. The molecule has 0 spiro atoms. The van der Waals surface area contributed by atoms with E-state index in [2.05, 4.69) is 37.3 Å². The van der Waals surface area contributed by atoms with Gasteiger partial charge >= 0.3 is 0 Å². The van der Waals surface area contributed by atoms with Gasteiger partial charge in [0, 0.05) is 11.3 Å². The van der Waals surface area contributed by atoms with E-state index in [9.17, 15) is 4.79 Å². The molecule has 2 aliphatic rings. The van der Waals surface area contributed by atoms with E-state index >= 15 is 0 Å². The molecule has 4 heteroatoms. The lowest BCUT2D eigenvalue weighted by atomic mass is 10.2. The van der Waals surface area contributed by atoms with Crippen LogP contribution in [0.15, 0.2) is 58.4 Å². The maximum Gasteiger partial charge on any atom is 0.229 e. The number of rotatable bonds is 2. The van der Waals surface area contributed by atoms with Crippen LogP contribution in [0.2, 0.25) is 0 Å². The van der Waals surface area contributed by atoms with E-state index in [0.717, 1.165) is 17.1 Å². The van der Waals surface area contributed by atoms with Crippen LogP contribution < -0.4 is 0 Å². The van der Waals surface area contributed by atoms with Crippen LogP contribution in [0.25, 0.3) is 0 Å². The summed E-state index contributed by atoms with van der Waals surface area (Å²) in [5.41, 5.74) is 3.32. The third-order valence-corrected chi connectivity index (χ3v) is 5.29. The summed E-state index contributed by atoms with van der Waals surface area (Å²) in [6.45, 7) is 2.68. The number of aliphatic imine (C=N–C) groups is 1. The molecule has 0 N–H and O–H groups in total. The topological polar surface area (TPSA) is 32.7 Å². The first-order valence-electron chi connectivity index (χ1n) is 7.41. The fourth-order valence-corrected chi connectivity index (χ4v) is 4.10. The van der Waals surface area contributed by atoms with Crippen molar-refractivity contribution in [2.24, 2.45) is 4.99 Å². The van der Waals surface area contributed by atoms with Crippen molar-refractivity contribution in [3.05, 3.63) is 59.7 Å². The molecule has 2 aromatic carbocycles. The highest BCUT2D eigenvalue weighted by molar-refractivity contribution is 8.01. The number of amidine groups is 1. The van der Waals surface area contributed by atoms with Crippen LogP contribution in [0.5, 0.6) is 0 Å². The van der Waals surface area contributed by atoms with Gasteiger partial charge in [0.2, 0.25) is 5.91 Å². The summed E-state index contributed by atoms with van der Waals surface area (Å²) in [6, 6.07) is 16.4. The zero-order chi connectivity index (χ0) is 15.1. The number of nitrogens with zero attached hydrogens (tertiary/aromatic N) is 2. The van der Waals surface area contributed by atoms with E-state index in [0.29, 0.717) is 13.0 Å². The van der Waals surface area contributed by atoms with Gasteiger partial charge in [-0.05, 0) is 30.2 Å². The van der Waals surface area contributed by atoms with E-state index in [4.69, 9.17) is 4.99 Å². The van der Waals surface area contributed by atoms with Crippen LogP contribution in [-0.4, -0.2) is 21.9 Å². The third kappa shape index (κ3) is 2.33. The molecule has 2 aromatic rings. The fraction of sp³-hybridized carbons (Fsp3) is 0.222. The minimum absolute atomic E-state index is 0.159. The summed E-state index contributed by atoms with van der Waals surface area (Å²) in [6.07, 6.45) is 0.545. The van der Waals surface area contributed by atoms with Crippen molar-refractivity contribution in [2.75, 3.05) is 0 Å². The number of thioether (sulfide) groups is 1. The van der Waals surface area contributed by atoms with Crippen molar-refractivity contribution in [1.82, 2.24) is 4.90 Å². The minimum atomic E-state index is 0.159. The molecule has 0 unspecified atom stereocenters. The summed E-state index contributed by atoms with van der Waals surface area (Å²) in [5, 5.41) is 0.159. The van der Waals surface area contributed by atoms with Gasteiger partial charge in [0.1, 0.15) is 5.84 Å². The Labute approximate surface area is 134 Å². The highest BCUT2D eigenvalue weighted by Crippen LogP contribution is 2.43. The SMILES string of the molecule is Cc1ccc2c(c1)N=C1[C@@H](CC(=O)N1Cc1ccccc1)S2. The van der Waals surface area contributed by atoms with Crippen molar-refractivity contribution in [3.8, 4) is 0 Å². The Morgan fingerprint density at radius 2 is 2.05 bits per heavy atom. The smallest absolute Gasteiger partial charge is 0.229 e. The van der Waals surface area contributed by atoms with E-state index in [-0.39, 0.29) is 11.2 Å². The van der Waals surface area contributed by atoms with Crippen LogP contribution >= 0.6 is 11.8 Å². The Hall–Kier alpha value is -2.07. The Morgan fingerprint density at radius 1 is 1.23 bits per heavy atom. The second-order valence-electron chi connectivity index (χ2n) is 5.72. The highest BCUT2D eigenvalue weighted by atomic mass is 32.2. The minimum Gasteiger partial charge on any atom is -0.295 e. The van der Waals surface area contributed by atoms with Crippen molar-refractivity contribution in [2.45, 2.75) is 30.0 Å². The molecule has 4 rings (SSSR count). The number of hydrogen-bond acceptors (Lipinski definition) is 3. The molecule has 0 radical (unpaired) electrons. The number of carbonyl (C=O) groups excluding carboxylic acids is 1. The average Bonchev–Trinajstić information content (AvgIpc) is 2.81. The van der Waals surface area contributed by atoms with E-state index in [1.165, 1.54) is 10.5 Å². The summed E-state index contributed by atoms with van der Waals surface area (Å²) < 4.78 is 0. The lowest BCUT2D eigenvalue weighted by Gasteiger charge is -2.23. The first-order chi connectivity index (χ1) is 10.7. The van der Waals surface area contributed by atoms with Crippen LogP contribution in [0.4, 0.5) is 5.69 Å². The summed E-state index contributed by atoms with van der Waals surface area (Å²) >= 11 is 1.76. The number of aryl methyl sites for hydroxylation is 1. The standard InChI is InChI=1S/C18H16N2OS/c1-12-7-8-15-14(9-12)19-18-16(22-15)10-17(21)20(18)11-13-5-3-2-4-6-13/h2-9,16H,10-11H2,1H3/t16-/m1/s1. The largest absolute Gasteiger partial charge is 0.295 e. The molecule has 22 heavy (non-hydrogen) atoms. The highest BCUT2D eigenvalue weighted by Gasteiger charge is 2.39. The first-order valence-corrected chi connectivity index (χ1v) is 8.29. The number of likely N-dealkylation sites (tertiary alicyclic amines) is 1. The molecule has 2 aliphatic heterocycles. The van der Waals surface area contributed by atoms with Gasteiger partial charge in [0.05, 0.1) is 17.5 Å². The number of amides is 1. The predicted octanol–water partition coefficient (Wildman–Crippen LogP) is 3.93. The molecule has 0 saturated carbocycles. The predicted molar refractivity (Wildman–Crippen MR) is 89.5 cm³/mol.